The van der Waals surface area contributed by atoms with Gasteiger partial charge in [0, 0.05) is 12.6 Å². The second-order valence-corrected chi connectivity index (χ2v) is 7.65. The van der Waals surface area contributed by atoms with Crippen LogP contribution >= 0.6 is 11.3 Å². The molecule has 0 unspecified atom stereocenters. The smallest absolute Gasteiger partial charge is 0.267 e. The summed E-state index contributed by atoms with van der Waals surface area (Å²) in [5.74, 6) is -0.282. The maximum absolute atomic E-state index is 14.3. The maximum Gasteiger partial charge on any atom is 0.267 e. The van der Waals surface area contributed by atoms with E-state index in [9.17, 15) is 14.3 Å². The molecule has 0 saturated heterocycles. The van der Waals surface area contributed by atoms with Crippen LogP contribution in [0.25, 0.3) is 10.9 Å². The van der Waals surface area contributed by atoms with Gasteiger partial charge in [0.1, 0.15) is 16.4 Å². The summed E-state index contributed by atoms with van der Waals surface area (Å²) in [6.45, 7) is 3.58. The van der Waals surface area contributed by atoms with Crippen molar-refractivity contribution >= 4 is 44.8 Å². The Balaban J connectivity index is 1.58. The van der Waals surface area contributed by atoms with Crippen molar-refractivity contribution in [3.8, 4) is 5.75 Å². The Bertz CT molecular complexity index is 1250. The van der Waals surface area contributed by atoms with Crippen LogP contribution < -0.4 is 10.6 Å². The summed E-state index contributed by atoms with van der Waals surface area (Å²) in [6, 6.07) is 8.09. The van der Waals surface area contributed by atoms with Crippen molar-refractivity contribution in [3.63, 3.8) is 0 Å². The van der Waals surface area contributed by atoms with Crippen LogP contribution in [-0.4, -0.2) is 25.8 Å². The zero-order valence-electron chi connectivity index (χ0n) is 15.9. The Hall–Kier alpha value is -3.46. The van der Waals surface area contributed by atoms with Crippen LogP contribution in [0, 0.1) is 19.7 Å². The van der Waals surface area contributed by atoms with Gasteiger partial charge in [-0.25, -0.2) is 9.37 Å². The van der Waals surface area contributed by atoms with E-state index in [-0.39, 0.29) is 17.5 Å². The lowest BCUT2D eigenvalue weighted by molar-refractivity contribution is 0.103. The van der Waals surface area contributed by atoms with E-state index in [0.29, 0.717) is 38.0 Å². The number of benzene rings is 2. The highest BCUT2D eigenvalue weighted by molar-refractivity contribution is 7.17. The molecule has 0 spiro atoms. The van der Waals surface area contributed by atoms with E-state index in [2.05, 4.69) is 20.7 Å². The van der Waals surface area contributed by atoms with Gasteiger partial charge < -0.3 is 15.7 Å². The minimum atomic E-state index is -0.387. The summed E-state index contributed by atoms with van der Waals surface area (Å²) < 4.78 is 15.8. The molecule has 4 rings (SSSR count). The highest BCUT2D eigenvalue weighted by atomic mass is 32.1. The van der Waals surface area contributed by atoms with Crippen molar-refractivity contribution in [1.29, 1.82) is 0 Å². The number of amides is 1. The number of rotatable bonds is 4. The number of hydrogen-bond acceptors (Lipinski definition) is 6. The van der Waals surface area contributed by atoms with Crippen molar-refractivity contribution in [3.05, 3.63) is 58.3 Å². The van der Waals surface area contributed by atoms with Crippen molar-refractivity contribution in [2.24, 2.45) is 7.05 Å². The average Bonchev–Trinajstić information content (AvgIpc) is 3.28. The number of nitrogens with zero attached hydrogens (tertiary/aromatic N) is 3. The Labute approximate surface area is 169 Å². The fraction of sp³-hybridized carbons (Fsp3) is 0.150. The zero-order valence-corrected chi connectivity index (χ0v) is 16.8. The first-order valence-corrected chi connectivity index (χ1v) is 9.61. The van der Waals surface area contributed by atoms with Crippen LogP contribution in [0.5, 0.6) is 5.75 Å². The van der Waals surface area contributed by atoms with Gasteiger partial charge in [-0.3, -0.25) is 9.48 Å². The fourth-order valence-electron chi connectivity index (χ4n) is 3.10. The molecule has 3 N–H and O–H groups in total. The van der Waals surface area contributed by atoms with E-state index in [1.807, 2.05) is 6.92 Å². The molecular formula is C20H18FN5O2S. The highest BCUT2D eigenvalue weighted by Crippen LogP contribution is 2.31. The largest absolute Gasteiger partial charge is 0.508 e. The van der Waals surface area contributed by atoms with E-state index in [1.165, 1.54) is 12.3 Å². The summed E-state index contributed by atoms with van der Waals surface area (Å²) in [6.07, 6.45) is 1.44. The average molecular weight is 411 g/mol. The lowest BCUT2D eigenvalue weighted by atomic mass is 10.1. The first-order chi connectivity index (χ1) is 13.8. The van der Waals surface area contributed by atoms with Crippen LogP contribution in [0.1, 0.15) is 20.8 Å². The quantitative estimate of drug-likeness (QED) is 0.460. The molecule has 0 bridgehead atoms. The topological polar surface area (TPSA) is 92.1 Å². The van der Waals surface area contributed by atoms with E-state index in [0.717, 1.165) is 16.9 Å². The third-order valence-corrected chi connectivity index (χ3v) is 5.58. The normalized spacial score (nSPS) is 11.0. The molecule has 0 aliphatic heterocycles. The molecule has 7 nitrogen and oxygen atoms in total. The third kappa shape index (κ3) is 3.40. The standard InChI is InChI=1S/C20H18FN5O2S/c1-10-7-8-14(27)11(2)17(10)23-19(28)15-9-22-20(29-15)24-18-16-12(21)5-4-6-13(16)26(3)25-18/h4-9,27H,1-3H3,(H,23,28)(H,22,24,25). The number of phenolic OH excluding ortho intramolecular Hbond substituents is 1. The maximum atomic E-state index is 14.3. The van der Waals surface area contributed by atoms with Crippen LogP contribution in [-0.2, 0) is 7.05 Å². The second-order valence-electron chi connectivity index (χ2n) is 6.62. The lowest BCUT2D eigenvalue weighted by Gasteiger charge is -2.11. The molecule has 0 aliphatic carbocycles. The van der Waals surface area contributed by atoms with Crippen LogP contribution in [0.15, 0.2) is 36.5 Å². The van der Waals surface area contributed by atoms with E-state index in [1.54, 1.807) is 42.9 Å². The predicted molar refractivity (Wildman–Crippen MR) is 112 cm³/mol. The van der Waals surface area contributed by atoms with Crippen LogP contribution in [0.4, 0.5) is 21.0 Å². The molecule has 2 aromatic carbocycles. The SMILES string of the molecule is Cc1ccc(O)c(C)c1NC(=O)c1cnc(Nc2nn(C)c3cccc(F)c23)s1. The van der Waals surface area contributed by atoms with Gasteiger partial charge in [-0.1, -0.05) is 23.5 Å². The number of aromatic hydroxyl groups is 1. The summed E-state index contributed by atoms with van der Waals surface area (Å²) in [4.78, 5) is 17.2. The Morgan fingerprint density at radius 2 is 2.03 bits per heavy atom. The number of hydrogen-bond donors (Lipinski definition) is 3. The number of nitrogens with one attached hydrogen (secondary N) is 2. The number of anilines is 3. The van der Waals surface area contributed by atoms with Crippen LogP contribution in [0.3, 0.4) is 0 Å². The highest BCUT2D eigenvalue weighted by Gasteiger charge is 2.17. The van der Waals surface area contributed by atoms with Gasteiger partial charge in [0.2, 0.25) is 0 Å². The van der Waals surface area contributed by atoms with E-state index >= 15 is 0 Å². The first kappa shape index (κ1) is 18.9. The van der Waals surface area contributed by atoms with Crippen molar-refractivity contribution in [2.75, 3.05) is 10.6 Å². The first-order valence-electron chi connectivity index (χ1n) is 8.79. The van der Waals surface area contributed by atoms with Gasteiger partial charge in [-0.15, -0.1) is 0 Å². The molecule has 1 amide bonds. The van der Waals surface area contributed by atoms with Gasteiger partial charge in [0.25, 0.3) is 5.91 Å². The van der Waals surface area contributed by atoms with Gasteiger partial charge in [-0.2, -0.15) is 5.10 Å². The monoisotopic (exact) mass is 411 g/mol. The lowest BCUT2D eigenvalue weighted by Crippen LogP contribution is -2.12. The number of halogens is 1. The number of thiazole rings is 1. The van der Waals surface area contributed by atoms with Gasteiger partial charge in [-0.05, 0) is 37.6 Å². The Kier molecular flexibility index (Phi) is 4.67. The third-order valence-electron chi connectivity index (χ3n) is 4.67. The number of aryl methyl sites for hydroxylation is 2. The minimum Gasteiger partial charge on any atom is -0.508 e. The Morgan fingerprint density at radius 3 is 2.83 bits per heavy atom. The summed E-state index contributed by atoms with van der Waals surface area (Å²) >= 11 is 1.13. The molecule has 0 saturated carbocycles. The van der Waals surface area contributed by atoms with Crippen molar-refractivity contribution < 1.29 is 14.3 Å². The summed E-state index contributed by atoms with van der Waals surface area (Å²) in [7, 11) is 1.73. The van der Waals surface area contributed by atoms with Gasteiger partial charge >= 0.3 is 0 Å². The molecule has 4 aromatic rings. The molecule has 29 heavy (non-hydrogen) atoms. The fourth-order valence-corrected chi connectivity index (χ4v) is 3.81. The molecule has 0 aliphatic rings. The molecule has 0 atom stereocenters. The molecule has 0 fully saturated rings. The van der Waals surface area contributed by atoms with Crippen molar-refractivity contribution in [2.45, 2.75) is 13.8 Å². The number of aromatic nitrogens is 3. The Morgan fingerprint density at radius 1 is 1.24 bits per heavy atom. The number of carbonyl (C=O) groups excluding carboxylic acids is 1. The molecular weight excluding hydrogens is 393 g/mol. The summed E-state index contributed by atoms with van der Waals surface area (Å²) in [5.41, 5.74) is 2.65. The van der Waals surface area contributed by atoms with E-state index in [4.69, 9.17) is 0 Å². The summed E-state index contributed by atoms with van der Waals surface area (Å²) in [5, 5.41) is 20.8. The molecule has 9 heteroatoms. The van der Waals surface area contributed by atoms with E-state index < -0.39 is 0 Å². The molecule has 148 valence electrons. The van der Waals surface area contributed by atoms with Crippen LogP contribution in [0.2, 0.25) is 0 Å². The molecule has 0 radical (unpaired) electrons. The molecule has 2 aromatic heterocycles. The number of fused-ring (bicyclic) bond motifs is 1. The predicted octanol–water partition coefficient (Wildman–Crippen LogP) is 4.49. The zero-order chi connectivity index (χ0) is 20.7. The minimum absolute atomic E-state index is 0.113. The second kappa shape index (κ2) is 7.17. The van der Waals surface area contributed by atoms with Gasteiger partial charge in [0.15, 0.2) is 10.9 Å². The number of phenols is 1. The number of carbonyl (C=O) groups is 1. The molecule has 2 heterocycles. The van der Waals surface area contributed by atoms with Gasteiger partial charge in [0.05, 0.1) is 22.8 Å². The van der Waals surface area contributed by atoms with Crippen molar-refractivity contribution in [1.82, 2.24) is 14.8 Å².